The molecule has 1 fully saturated rings. The lowest BCUT2D eigenvalue weighted by Crippen LogP contribution is -2.28. The van der Waals surface area contributed by atoms with Crippen molar-refractivity contribution in [3.8, 4) is 28.0 Å². The quantitative estimate of drug-likeness (QED) is 0.477. The maximum atomic E-state index is 13.0. The van der Waals surface area contributed by atoms with Crippen LogP contribution >= 0.6 is 0 Å². The molecule has 1 aliphatic carbocycles. The molecule has 0 amide bonds. The highest BCUT2D eigenvalue weighted by Gasteiger charge is 2.54. The molecule has 1 saturated carbocycles. The number of alkyl halides is 2. The minimum absolute atomic E-state index is 0.134. The van der Waals surface area contributed by atoms with Gasteiger partial charge in [-0.15, -0.1) is 0 Å². The molecule has 0 aliphatic heterocycles. The van der Waals surface area contributed by atoms with E-state index >= 15 is 0 Å². The fraction of sp³-hybridized carbons (Fsp3) is 0.238. The van der Waals surface area contributed by atoms with Crippen LogP contribution in [0.1, 0.15) is 18.4 Å². The van der Waals surface area contributed by atoms with Crippen molar-refractivity contribution in [1.82, 2.24) is 19.4 Å². The molecule has 0 saturated heterocycles. The molecule has 0 unspecified atom stereocenters. The second-order valence-electron chi connectivity index (χ2n) is 7.87. The maximum Gasteiger partial charge on any atom is 0.387 e. The molecule has 0 atom stereocenters. The summed E-state index contributed by atoms with van der Waals surface area (Å²) in [7, 11) is -2.11. The van der Waals surface area contributed by atoms with Crippen LogP contribution in [-0.4, -0.2) is 34.4 Å². The minimum Gasteiger partial charge on any atom is -0.435 e. The van der Waals surface area contributed by atoms with Gasteiger partial charge in [0.1, 0.15) is 10.5 Å². The number of fused-ring (bicyclic) bond motifs is 1. The number of halogens is 2. The fourth-order valence-electron chi connectivity index (χ4n) is 3.99. The highest BCUT2D eigenvalue weighted by Crippen LogP contribution is 2.53. The Morgan fingerprint density at radius 1 is 1.09 bits per heavy atom. The van der Waals surface area contributed by atoms with E-state index in [0.717, 1.165) is 11.1 Å². The van der Waals surface area contributed by atoms with Gasteiger partial charge in [0.05, 0.1) is 17.9 Å². The number of pyridine rings is 1. The first-order valence-corrected chi connectivity index (χ1v) is 11.3. The van der Waals surface area contributed by atoms with Gasteiger partial charge in [-0.3, -0.25) is 4.68 Å². The minimum atomic E-state index is -3.93. The summed E-state index contributed by atoms with van der Waals surface area (Å²) in [4.78, 5) is 0. The first kappa shape index (κ1) is 20.6. The van der Waals surface area contributed by atoms with Gasteiger partial charge in [0.15, 0.2) is 0 Å². The lowest BCUT2D eigenvalue weighted by Gasteiger charge is -2.16. The molecule has 0 spiro atoms. The Morgan fingerprint density at radius 3 is 2.50 bits per heavy atom. The highest BCUT2D eigenvalue weighted by molar-refractivity contribution is 7.90. The van der Waals surface area contributed by atoms with Crippen LogP contribution in [0.15, 0.2) is 55.1 Å². The number of hydrogen-bond donors (Lipinski definition) is 1. The number of aromatic nitrogens is 4. The van der Waals surface area contributed by atoms with Crippen LogP contribution < -0.4 is 9.88 Å². The van der Waals surface area contributed by atoms with Crippen molar-refractivity contribution in [3.05, 3.63) is 60.7 Å². The van der Waals surface area contributed by atoms with Crippen LogP contribution in [0.4, 0.5) is 8.78 Å². The zero-order valence-electron chi connectivity index (χ0n) is 16.9. The summed E-state index contributed by atoms with van der Waals surface area (Å²) in [5, 5.41) is 14.0. The predicted octanol–water partition coefficient (Wildman–Crippen LogP) is 3.28. The number of benzene rings is 1. The second-order valence-corrected chi connectivity index (χ2v) is 9.74. The van der Waals surface area contributed by atoms with Crippen LogP contribution in [0.3, 0.4) is 0 Å². The lowest BCUT2D eigenvalue weighted by atomic mass is 10.00. The molecule has 3 aromatic heterocycles. The van der Waals surface area contributed by atoms with Gasteiger partial charge in [0.25, 0.3) is 0 Å². The second kappa shape index (κ2) is 7.10. The fourth-order valence-corrected chi connectivity index (χ4v) is 5.11. The van der Waals surface area contributed by atoms with Crippen molar-refractivity contribution in [3.63, 3.8) is 0 Å². The molecule has 0 radical (unpaired) electrons. The maximum absolute atomic E-state index is 13.0. The number of ether oxygens (including phenoxy) is 1. The number of rotatable bonds is 6. The molecule has 11 heteroatoms. The number of nitrogens with zero attached hydrogens (tertiary/aromatic N) is 4. The Labute approximate surface area is 182 Å². The van der Waals surface area contributed by atoms with Gasteiger partial charge in [-0.05, 0) is 59.9 Å². The van der Waals surface area contributed by atoms with E-state index in [9.17, 15) is 17.2 Å². The number of aryl methyl sites for hydroxylation is 1. The first-order valence-electron chi connectivity index (χ1n) is 9.76. The number of sulfonamides is 1. The molecule has 8 nitrogen and oxygen atoms in total. The van der Waals surface area contributed by atoms with E-state index in [1.54, 1.807) is 33.9 Å². The average Bonchev–Trinajstić information content (AvgIpc) is 3.28. The van der Waals surface area contributed by atoms with Gasteiger partial charge in [0, 0.05) is 30.6 Å². The van der Waals surface area contributed by atoms with E-state index in [1.165, 1.54) is 12.1 Å². The molecule has 166 valence electrons. The van der Waals surface area contributed by atoms with Gasteiger partial charge < -0.3 is 4.74 Å². The van der Waals surface area contributed by atoms with Crippen molar-refractivity contribution in [2.24, 2.45) is 12.2 Å². The van der Waals surface area contributed by atoms with Crippen molar-refractivity contribution in [1.29, 1.82) is 0 Å². The Bertz CT molecular complexity index is 1440. The Morgan fingerprint density at radius 2 is 1.88 bits per heavy atom. The lowest BCUT2D eigenvalue weighted by molar-refractivity contribution is -0.0498. The third-order valence-electron chi connectivity index (χ3n) is 5.78. The summed E-state index contributed by atoms with van der Waals surface area (Å²) in [6.07, 6.45) is 7.64. The van der Waals surface area contributed by atoms with Gasteiger partial charge >= 0.3 is 6.61 Å². The van der Waals surface area contributed by atoms with E-state index in [4.69, 9.17) is 5.14 Å². The van der Waals surface area contributed by atoms with Crippen molar-refractivity contribution in [2.75, 3.05) is 0 Å². The predicted molar refractivity (Wildman–Crippen MR) is 113 cm³/mol. The van der Waals surface area contributed by atoms with Crippen LogP contribution in [0, 0.1) is 0 Å². The highest BCUT2D eigenvalue weighted by atomic mass is 32.2. The average molecular weight is 459 g/mol. The zero-order chi connectivity index (χ0) is 22.7. The smallest absolute Gasteiger partial charge is 0.387 e. The standard InChI is InChI=1S/C21H19F2N5O3S/c1-27-12-15(10-25-27)13-2-5-28-19(8-13)18(11-26-28)14-6-16(9-17(7-14)31-20(22)23)21(3-4-21)32(24,29)30/h2,5-12,20H,3-4H2,1H3,(H2,24,29,30). The van der Waals surface area contributed by atoms with Gasteiger partial charge in [-0.25, -0.2) is 18.1 Å². The molecule has 32 heavy (non-hydrogen) atoms. The third-order valence-corrected chi connectivity index (χ3v) is 7.51. The monoisotopic (exact) mass is 459 g/mol. The van der Waals surface area contributed by atoms with Crippen LogP contribution in [0.25, 0.3) is 27.8 Å². The molecule has 0 bridgehead atoms. The summed E-state index contributed by atoms with van der Waals surface area (Å²) in [5.74, 6) is -0.134. The summed E-state index contributed by atoms with van der Waals surface area (Å²) in [5.41, 5.74) is 4.00. The number of hydrogen-bond acceptors (Lipinski definition) is 5. The molecule has 1 aliphatic rings. The van der Waals surface area contributed by atoms with E-state index in [2.05, 4.69) is 14.9 Å². The summed E-state index contributed by atoms with van der Waals surface area (Å²) in [6.45, 7) is -3.05. The summed E-state index contributed by atoms with van der Waals surface area (Å²) < 4.78 is 57.1. The van der Waals surface area contributed by atoms with Crippen molar-refractivity contribution in [2.45, 2.75) is 24.2 Å². The number of nitrogens with two attached hydrogens (primary N) is 1. The van der Waals surface area contributed by atoms with E-state index < -0.39 is 21.4 Å². The normalized spacial score (nSPS) is 15.4. The van der Waals surface area contributed by atoms with E-state index in [-0.39, 0.29) is 5.75 Å². The van der Waals surface area contributed by atoms with Crippen molar-refractivity contribution >= 4 is 15.5 Å². The molecule has 1 aromatic carbocycles. The summed E-state index contributed by atoms with van der Waals surface area (Å²) >= 11 is 0. The number of primary sulfonamides is 1. The van der Waals surface area contributed by atoms with Gasteiger partial charge in [-0.2, -0.15) is 19.0 Å². The largest absolute Gasteiger partial charge is 0.435 e. The topological polar surface area (TPSA) is 105 Å². The Hall–Kier alpha value is -3.31. The first-order chi connectivity index (χ1) is 15.2. The SMILES string of the molecule is Cn1cc(-c2ccn3ncc(-c4cc(OC(F)F)cc(C5(S(N)(=O)=O)CC5)c4)c3c2)cn1. The molecule has 2 N–H and O–H groups in total. The van der Waals surface area contributed by atoms with Gasteiger partial charge in [0.2, 0.25) is 10.0 Å². The molecular weight excluding hydrogens is 440 g/mol. The van der Waals surface area contributed by atoms with E-state index in [1.807, 2.05) is 25.4 Å². The third kappa shape index (κ3) is 3.43. The Kier molecular flexibility index (Phi) is 4.57. The summed E-state index contributed by atoms with van der Waals surface area (Å²) in [6, 6.07) is 8.22. The van der Waals surface area contributed by atoms with Gasteiger partial charge in [-0.1, -0.05) is 0 Å². The Balaban J connectivity index is 1.68. The molecule has 3 heterocycles. The van der Waals surface area contributed by atoms with Crippen LogP contribution in [0.5, 0.6) is 5.75 Å². The van der Waals surface area contributed by atoms with Crippen LogP contribution in [-0.2, 0) is 21.8 Å². The zero-order valence-corrected chi connectivity index (χ0v) is 17.8. The molecule has 5 rings (SSSR count). The molecule has 4 aromatic rings. The molecular formula is C21H19F2N5O3S. The van der Waals surface area contributed by atoms with Crippen molar-refractivity contribution < 1.29 is 21.9 Å². The van der Waals surface area contributed by atoms with Crippen LogP contribution in [0.2, 0.25) is 0 Å². The van der Waals surface area contributed by atoms with E-state index in [0.29, 0.717) is 35.0 Å².